The summed E-state index contributed by atoms with van der Waals surface area (Å²) in [5, 5.41) is 10.1. The molecule has 5 rings (SSSR count). The van der Waals surface area contributed by atoms with Crippen molar-refractivity contribution in [1.29, 1.82) is 0 Å². The summed E-state index contributed by atoms with van der Waals surface area (Å²) in [4.78, 5) is 17.3. The molecule has 1 spiro atoms. The molecular formula is C23H29FN6O. The Hall–Kier alpha value is -2.55. The van der Waals surface area contributed by atoms with Crippen molar-refractivity contribution in [3.05, 3.63) is 42.6 Å². The van der Waals surface area contributed by atoms with Crippen LogP contribution in [0.1, 0.15) is 26.2 Å². The van der Waals surface area contributed by atoms with Crippen LogP contribution in [0.4, 0.5) is 10.2 Å². The first kappa shape index (κ1) is 20.4. The molecule has 1 saturated carbocycles. The Morgan fingerprint density at radius 1 is 1.26 bits per heavy atom. The van der Waals surface area contributed by atoms with Crippen LogP contribution in [0.2, 0.25) is 0 Å². The van der Waals surface area contributed by atoms with Gasteiger partial charge in [0.2, 0.25) is 0 Å². The van der Waals surface area contributed by atoms with E-state index in [1.807, 2.05) is 25.3 Å². The van der Waals surface area contributed by atoms with Crippen LogP contribution in [0.15, 0.2) is 36.8 Å². The van der Waals surface area contributed by atoms with Gasteiger partial charge in [0.15, 0.2) is 0 Å². The molecule has 0 aromatic carbocycles. The van der Waals surface area contributed by atoms with E-state index in [-0.39, 0.29) is 5.82 Å². The van der Waals surface area contributed by atoms with Gasteiger partial charge in [-0.2, -0.15) is 5.06 Å². The average Bonchev–Trinajstić information content (AvgIpc) is 3.39. The minimum atomic E-state index is -0.350. The van der Waals surface area contributed by atoms with E-state index in [0.717, 1.165) is 54.9 Å². The SMILES string of the molecule is CCON1CC2(CC[C@@H](NCCNc3ncc(F)cc3-c3ccnc4[nH]ccc34)C2)C1. The summed E-state index contributed by atoms with van der Waals surface area (Å²) in [6, 6.07) is 5.94. The summed E-state index contributed by atoms with van der Waals surface area (Å²) in [5.74, 6) is 0.336. The van der Waals surface area contributed by atoms with E-state index in [9.17, 15) is 4.39 Å². The molecule has 1 atom stereocenters. The summed E-state index contributed by atoms with van der Waals surface area (Å²) < 4.78 is 14.0. The normalized spacial score (nSPS) is 20.4. The van der Waals surface area contributed by atoms with Crippen LogP contribution in [0, 0.1) is 11.2 Å². The zero-order chi connectivity index (χ0) is 21.3. The molecular weight excluding hydrogens is 395 g/mol. The number of aromatic nitrogens is 3. The van der Waals surface area contributed by atoms with Gasteiger partial charge < -0.3 is 15.6 Å². The highest BCUT2D eigenvalue weighted by Crippen LogP contribution is 2.45. The van der Waals surface area contributed by atoms with E-state index < -0.39 is 0 Å². The standard InChI is InChI=1S/C23H29FN6O/c1-2-31-30-14-23(15-30)6-3-17(12-23)25-9-10-28-22-20(11-16(24)13-29-22)18-4-7-26-21-19(18)5-8-27-21/h4-5,7-8,11,13,17,25H,2-3,6,9-10,12,14-15H2,1H3,(H,26,27)(H,28,29)/t17-/m1/s1. The van der Waals surface area contributed by atoms with Crippen LogP contribution < -0.4 is 10.6 Å². The van der Waals surface area contributed by atoms with Crippen molar-refractivity contribution in [2.75, 3.05) is 38.1 Å². The highest BCUT2D eigenvalue weighted by Gasteiger charge is 2.48. The molecule has 0 radical (unpaired) electrons. The van der Waals surface area contributed by atoms with E-state index in [1.165, 1.54) is 31.5 Å². The number of rotatable bonds is 8. The quantitative estimate of drug-likeness (QED) is 0.480. The van der Waals surface area contributed by atoms with Crippen LogP contribution in [-0.2, 0) is 4.84 Å². The third-order valence-corrected chi connectivity index (χ3v) is 6.49. The lowest BCUT2D eigenvalue weighted by Crippen LogP contribution is -2.55. The molecule has 0 amide bonds. The van der Waals surface area contributed by atoms with Crippen molar-refractivity contribution >= 4 is 16.9 Å². The predicted octanol–water partition coefficient (Wildman–Crippen LogP) is 3.57. The number of hydrogen-bond acceptors (Lipinski definition) is 6. The molecule has 1 aliphatic heterocycles. The molecule has 164 valence electrons. The number of anilines is 1. The Labute approximate surface area is 181 Å². The molecule has 3 aromatic heterocycles. The first-order chi connectivity index (χ1) is 15.2. The smallest absolute Gasteiger partial charge is 0.142 e. The fraction of sp³-hybridized carbons (Fsp3) is 0.478. The number of hydrogen-bond donors (Lipinski definition) is 3. The lowest BCUT2D eigenvalue weighted by atomic mass is 9.79. The van der Waals surface area contributed by atoms with E-state index in [2.05, 4.69) is 30.6 Å². The van der Waals surface area contributed by atoms with Gasteiger partial charge in [0.25, 0.3) is 0 Å². The Bertz CT molecular complexity index is 1050. The monoisotopic (exact) mass is 424 g/mol. The van der Waals surface area contributed by atoms with Crippen LogP contribution in [0.5, 0.6) is 0 Å². The molecule has 2 aliphatic rings. The summed E-state index contributed by atoms with van der Waals surface area (Å²) in [6.07, 6.45) is 8.51. The number of fused-ring (bicyclic) bond motifs is 1. The van der Waals surface area contributed by atoms with Crippen LogP contribution in [-0.4, -0.2) is 58.8 Å². The Kier molecular flexibility index (Phi) is 5.60. The van der Waals surface area contributed by atoms with Crippen molar-refractivity contribution in [3.63, 3.8) is 0 Å². The molecule has 2 fully saturated rings. The number of H-pyrrole nitrogens is 1. The Balaban J connectivity index is 1.18. The minimum Gasteiger partial charge on any atom is -0.368 e. The maximum absolute atomic E-state index is 14.0. The van der Waals surface area contributed by atoms with Gasteiger partial charge in [-0.25, -0.2) is 14.4 Å². The van der Waals surface area contributed by atoms with Gasteiger partial charge in [-0.3, -0.25) is 4.84 Å². The van der Waals surface area contributed by atoms with E-state index in [4.69, 9.17) is 4.84 Å². The van der Waals surface area contributed by atoms with Crippen LogP contribution in [0.3, 0.4) is 0 Å². The van der Waals surface area contributed by atoms with Gasteiger partial charge in [-0.15, -0.1) is 0 Å². The van der Waals surface area contributed by atoms with Crippen LogP contribution in [0.25, 0.3) is 22.2 Å². The first-order valence-electron chi connectivity index (χ1n) is 11.1. The molecule has 1 saturated heterocycles. The molecule has 31 heavy (non-hydrogen) atoms. The number of hydroxylamine groups is 2. The first-order valence-corrected chi connectivity index (χ1v) is 11.1. The lowest BCUT2D eigenvalue weighted by molar-refractivity contribution is -0.246. The van der Waals surface area contributed by atoms with Crippen molar-refractivity contribution < 1.29 is 9.23 Å². The van der Waals surface area contributed by atoms with Gasteiger partial charge in [-0.05, 0) is 49.9 Å². The predicted molar refractivity (Wildman–Crippen MR) is 119 cm³/mol. The average molecular weight is 425 g/mol. The van der Waals surface area contributed by atoms with Crippen molar-refractivity contribution in [2.45, 2.75) is 32.2 Å². The van der Waals surface area contributed by atoms with Crippen LogP contribution >= 0.6 is 0 Å². The van der Waals surface area contributed by atoms with Gasteiger partial charge in [0, 0.05) is 61.0 Å². The number of aromatic amines is 1. The van der Waals surface area contributed by atoms with Gasteiger partial charge in [0.05, 0.1) is 12.8 Å². The topological polar surface area (TPSA) is 78.1 Å². The van der Waals surface area contributed by atoms with Crippen molar-refractivity contribution in [2.24, 2.45) is 5.41 Å². The van der Waals surface area contributed by atoms with Gasteiger partial charge in [-0.1, -0.05) is 0 Å². The number of nitrogens with one attached hydrogen (secondary N) is 3. The molecule has 0 unspecified atom stereocenters. The fourth-order valence-electron chi connectivity index (χ4n) is 5.08. The third kappa shape index (κ3) is 4.15. The Morgan fingerprint density at radius 3 is 3.03 bits per heavy atom. The van der Waals surface area contributed by atoms with Gasteiger partial charge in [0.1, 0.15) is 17.3 Å². The number of halogens is 1. The summed E-state index contributed by atoms with van der Waals surface area (Å²) in [5.41, 5.74) is 2.88. The maximum Gasteiger partial charge on any atom is 0.142 e. The summed E-state index contributed by atoms with van der Waals surface area (Å²) in [7, 11) is 0. The summed E-state index contributed by atoms with van der Waals surface area (Å²) in [6.45, 7) is 6.46. The largest absolute Gasteiger partial charge is 0.368 e. The Morgan fingerprint density at radius 2 is 2.16 bits per heavy atom. The molecule has 8 heteroatoms. The molecule has 4 heterocycles. The van der Waals surface area contributed by atoms with E-state index in [0.29, 0.717) is 17.3 Å². The molecule has 0 bridgehead atoms. The van der Waals surface area contributed by atoms with Gasteiger partial charge >= 0.3 is 0 Å². The molecule has 7 nitrogen and oxygen atoms in total. The third-order valence-electron chi connectivity index (χ3n) is 6.49. The summed E-state index contributed by atoms with van der Waals surface area (Å²) >= 11 is 0. The lowest BCUT2D eigenvalue weighted by Gasteiger charge is -2.47. The molecule has 3 N–H and O–H groups in total. The molecule has 1 aliphatic carbocycles. The van der Waals surface area contributed by atoms with Crippen molar-refractivity contribution in [3.8, 4) is 11.1 Å². The second-order valence-corrected chi connectivity index (χ2v) is 8.68. The number of nitrogens with zero attached hydrogens (tertiary/aromatic N) is 3. The zero-order valence-corrected chi connectivity index (χ0v) is 17.8. The molecule has 3 aromatic rings. The highest BCUT2D eigenvalue weighted by atomic mass is 19.1. The van der Waals surface area contributed by atoms with Crippen molar-refractivity contribution in [1.82, 2.24) is 25.3 Å². The zero-order valence-electron chi connectivity index (χ0n) is 17.8. The maximum atomic E-state index is 14.0. The van der Waals surface area contributed by atoms with E-state index >= 15 is 0 Å². The fourth-order valence-corrected chi connectivity index (χ4v) is 5.08. The second-order valence-electron chi connectivity index (χ2n) is 8.68. The second kappa shape index (κ2) is 8.53. The minimum absolute atomic E-state index is 0.350. The highest BCUT2D eigenvalue weighted by molar-refractivity contribution is 5.95. The van der Waals surface area contributed by atoms with E-state index in [1.54, 1.807) is 6.20 Å². The number of pyridine rings is 2.